The van der Waals surface area contributed by atoms with Gasteiger partial charge < -0.3 is 25.3 Å². The van der Waals surface area contributed by atoms with Crippen molar-refractivity contribution in [2.24, 2.45) is 0 Å². The van der Waals surface area contributed by atoms with Crippen molar-refractivity contribution >= 4 is 11.5 Å². The molecule has 0 spiro atoms. The van der Waals surface area contributed by atoms with Crippen molar-refractivity contribution in [3.8, 4) is 35.2 Å². The molecule has 0 aliphatic heterocycles. The highest BCUT2D eigenvalue weighted by Gasteiger charge is 2.24. The molecule has 8 nitrogen and oxygen atoms in total. The van der Waals surface area contributed by atoms with Crippen LogP contribution in [0.5, 0.6) is 29.1 Å². The zero-order chi connectivity index (χ0) is 27.1. The molecular formula is C30H31N5O3. The van der Waals surface area contributed by atoms with Gasteiger partial charge in [-0.2, -0.15) is 15.2 Å². The van der Waals surface area contributed by atoms with Crippen molar-refractivity contribution in [2.45, 2.75) is 39.7 Å². The van der Waals surface area contributed by atoms with Gasteiger partial charge in [-0.25, -0.2) is 0 Å². The number of rotatable bonds is 9. The average Bonchev–Trinajstić information content (AvgIpc) is 2.90. The van der Waals surface area contributed by atoms with Crippen LogP contribution in [0.2, 0.25) is 0 Å². The summed E-state index contributed by atoms with van der Waals surface area (Å²) in [6.07, 6.45) is 0. The van der Waals surface area contributed by atoms with E-state index < -0.39 is 0 Å². The van der Waals surface area contributed by atoms with E-state index in [2.05, 4.69) is 21.4 Å². The van der Waals surface area contributed by atoms with E-state index in [0.29, 0.717) is 41.8 Å². The highest BCUT2D eigenvalue weighted by Crippen LogP contribution is 2.39. The number of nitriles is 1. The summed E-state index contributed by atoms with van der Waals surface area (Å²) < 4.78 is 17.9. The van der Waals surface area contributed by atoms with E-state index in [1.807, 2.05) is 82.3 Å². The molecule has 0 fully saturated rings. The third-order valence-corrected chi connectivity index (χ3v) is 5.66. The van der Waals surface area contributed by atoms with Crippen LogP contribution < -0.4 is 25.3 Å². The predicted octanol–water partition coefficient (Wildman–Crippen LogP) is 6.82. The van der Waals surface area contributed by atoms with Crippen molar-refractivity contribution in [1.29, 1.82) is 5.26 Å². The fourth-order valence-corrected chi connectivity index (χ4v) is 3.79. The molecule has 0 atom stereocenters. The van der Waals surface area contributed by atoms with Gasteiger partial charge in [0.15, 0.2) is 11.6 Å². The Hall–Kier alpha value is -4.77. The van der Waals surface area contributed by atoms with Crippen LogP contribution in [0.25, 0.3) is 0 Å². The van der Waals surface area contributed by atoms with Crippen molar-refractivity contribution in [1.82, 2.24) is 9.97 Å². The molecule has 0 bridgehead atoms. The van der Waals surface area contributed by atoms with Crippen LogP contribution in [0, 0.1) is 11.3 Å². The first-order valence-corrected chi connectivity index (χ1v) is 12.4. The smallest absolute Gasteiger partial charge is 0.327 e. The molecule has 38 heavy (non-hydrogen) atoms. The monoisotopic (exact) mass is 509 g/mol. The molecule has 3 N–H and O–H groups in total. The van der Waals surface area contributed by atoms with Crippen molar-refractivity contribution < 1.29 is 14.2 Å². The maximum atomic E-state index is 9.78. The fraction of sp³-hybridized carbons (Fsp3) is 0.233. The second kappa shape index (κ2) is 11.5. The van der Waals surface area contributed by atoms with Gasteiger partial charge in [-0.15, -0.1) is 0 Å². The van der Waals surface area contributed by atoms with E-state index in [1.54, 1.807) is 18.2 Å². The highest BCUT2D eigenvalue weighted by atomic mass is 16.5. The number of hydrogen-bond acceptors (Lipinski definition) is 8. The molecule has 1 aromatic heterocycles. The lowest BCUT2D eigenvalue weighted by molar-refractivity contribution is 0.337. The van der Waals surface area contributed by atoms with E-state index in [9.17, 15) is 5.26 Å². The topological polar surface area (TPSA) is 115 Å². The zero-order valence-corrected chi connectivity index (χ0v) is 22.0. The van der Waals surface area contributed by atoms with Gasteiger partial charge in [-0.05, 0) is 36.1 Å². The lowest BCUT2D eigenvalue weighted by atomic mass is 9.85. The third-order valence-electron chi connectivity index (χ3n) is 5.66. The lowest BCUT2D eigenvalue weighted by Crippen LogP contribution is -2.14. The molecule has 3 aromatic carbocycles. The number of hydrogen-bond donors (Lipinski definition) is 2. The van der Waals surface area contributed by atoms with Gasteiger partial charge in [0.2, 0.25) is 0 Å². The molecule has 8 heteroatoms. The van der Waals surface area contributed by atoms with Crippen molar-refractivity contribution in [2.75, 3.05) is 17.7 Å². The normalized spacial score (nSPS) is 10.9. The molecule has 0 aliphatic rings. The highest BCUT2D eigenvalue weighted by molar-refractivity contribution is 5.68. The Kier molecular flexibility index (Phi) is 7.97. The fourth-order valence-electron chi connectivity index (χ4n) is 3.79. The van der Waals surface area contributed by atoms with E-state index in [1.165, 1.54) is 0 Å². The quantitative estimate of drug-likeness (QED) is 0.252. The van der Waals surface area contributed by atoms with Gasteiger partial charge in [0.1, 0.15) is 23.3 Å². The summed E-state index contributed by atoms with van der Waals surface area (Å²) in [6.45, 7) is 9.06. The summed E-state index contributed by atoms with van der Waals surface area (Å²) >= 11 is 0. The van der Waals surface area contributed by atoms with Gasteiger partial charge in [0.05, 0.1) is 12.2 Å². The minimum atomic E-state index is -0.288. The number of nitrogens with one attached hydrogen (secondary N) is 1. The largest absolute Gasteiger partial charge is 0.494 e. The number of ether oxygens (including phenoxy) is 3. The standard InChI is InChI=1S/C30H31N5O3/c1-5-36-22-14-10-15-23(17-22)37-28-25(32)27(33-19-20-11-7-6-8-12-20)34-29(35-28)38-26-21(18-31)13-9-16-24(26)30(2,3)4/h6-17H,5,19,32H2,1-4H3,(H,33,34,35). The summed E-state index contributed by atoms with van der Waals surface area (Å²) in [5.41, 5.74) is 8.67. The molecule has 0 radical (unpaired) electrons. The molecule has 1 heterocycles. The van der Waals surface area contributed by atoms with E-state index in [0.717, 1.165) is 11.1 Å². The molecule has 4 aromatic rings. The van der Waals surface area contributed by atoms with Gasteiger partial charge in [0, 0.05) is 18.2 Å². The maximum absolute atomic E-state index is 9.78. The minimum Gasteiger partial charge on any atom is -0.494 e. The average molecular weight is 510 g/mol. The van der Waals surface area contributed by atoms with Gasteiger partial charge in [0.25, 0.3) is 5.88 Å². The Morgan fingerprint density at radius 1 is 0.921 bits per heavy atom. The molecule has 4 rings (SSSR count). The number of nitrogens with two attached hydrogens (primary N) is 1. The van der Waals surface area contributed by atoms with E-state index in [-0.39, 0.29) is 23.0 Å². The molecule has 0 unspecified atom stereocenters. The van der Waals surface area contributed by atoms with Gasteiger partial charge in [-0.1, -0.05) is 69.3 Å². The summed E-state index contributed by atoms with van der Waals surface area (Å²) in [5.74, 6) is 2.02. The van der Waals surface area contributed by atoms with Crippen LogP contribution in [0.4, 0.5) is 11.5 Å². The van der Waals surface area contributed by atoms with Crippen LogP contribution in [0.3, 0.4) is 0 Å². The van der Waals surface area contributed by atoms with Gasteiger partial charge >= 0.3 is 6.01 Å². The Bertz CT molecular complexity index is 1440. The summed E-state index contributed by atoms with van der Waals surface area (Å²) in [4.78, 5) is 9.03. The molecule has 0 saturated carbocycles. The Morgan fingerprint density at radius 3 is 2.37 bits per heavy atom. The minimum absolute atomic E-state index is 0.000996. The van der Waals surface area contributed by atoms with Crippen molar-refractivity contribution in [3.63, 3.8) is 0 Å². The molecule has 0 saturated heterocycles. The summed E-state index contributed by atoms with van der Waals surface area (Å²) in [6, 6.07) is 24.7. The van der Waals surface area contributed by atoms with Crippen LogP contribution in [0.15, 0.2) is 72.8 Å². The molecule has 194 valence electrons. The number of para-hydroxylation sites is 1. The maximum Gasteiger partial charge on any atom is 0.327 e. The second-order valence-electron chi connectivity index (χ2n) is 9.57. The molecule has 0 aliphatic carbocycles. The lowest BCUT2D eigenvalue weighted by Gasteiger charge is -2.23. The third kappa shape index (κ3) is 6.31. The number of benzene rings is 3. The van der Waals surface area contributed by atoms with Crippen LogP contribution in [-0.2, 0) is 12.0 Å². The number of anilines is 2. The van der Waals surface area contributed by atoms with Crippen LogP contribution in [0.1, 0.15) is 44.4 Å². The second-order valence-corrected chi connectivity index (χ2v) is 9.57. The van der Waals surface area contributed by atoms with Crippen LogP contribution >= 0.6 is 0 Å². The van der Waals surface area contributed by atoms with Crippen molar-refractivity contribution in [3.05, 3.63) is 89.5 Å². The number of nitrogens with zero attached hydrogens (tertiary/aromatic N) is 3. The number of aromatic nitrogens is 2. The molecule has 0 amide bonds. The summed E-state index contributed by atoms with van der Waals surface area (Å²) in [5, 5.41) is 13.0. The first-order valence-electron chi connectivity index (χ1n) is 12.4. The first-order chi connectivity index (χ1) is 18.3. The predicted molar refractivity (Wildman–Crippen MR) is 148 cm³/mol. The Labute approximate surface area is 223 Å². The Morgan fingerprint density at radius 2 is 1.66 bits per heavy atom. The SMILES string of the molecule is CCOc1cccc(Oc2nc(Oc3c(C#N)cccc3C(C)(C)C)nc(NCc3ccccc3)c2N)c1. The van der Waals surface area contributed by atoms with Gasteiger partial charge in [-0.3, -0.25) is 0 Å². The number of nitrogen functional groups attached to an aromatic ring is 1. The molecular weight excluding hydrogens is 478 g/mol. The Balaban J connectivity index is 1.75. The first kappa shape index (κ1) is 26.3. The van der Waals surface area contributed by atoms with E-state index in [4.69, 9.17) is 19.9 Å². The summed E-state index contributed by atoms with van der Waals surface area (Å²) in [7, 11) is 0. The van der Waals surface area contributed by atoms with Crippen LogP contribution in [-0.4, -0.2) is 16.6 Å². The van der Waals surface area contributed by atoms with E-state index >= 15 is 0 Å². The zero-order valence-electron chi connectivity index (χ0n) is 22.0.